The first-order valence-electron chi connectivity index (χ1n) is 7.90. The fourth-order valence-electron chi connectivity index (χ4n) is 2.87. The normalized spacial score (nSPS) is 17.4. The second-order valence-corrected chi connectivity index (χ2v) is 6.78. The molecule has 1 amide bonds. The molecule has 0 aliphatic carbocycles. The Morgan fingerprint density at radius 1 is 1.29 bits per heavy atom. The van der Waals surface area contributed by atoms with Gasteiger partial charge in [0.1, 0.15) is 0 Å². The summed E-state index contributed by atoms with van der Waals surface area (Å²) in [4.78, 5) is 14.5. The molecule has 0 bridgehead atoms. The van der Waals surface area contributed by atoms with E-state index in [1.54, 1.807) is 0 Å². The van der Waals surface area contributed by atoms with Gasteiger partial charge in [-0.1, -0.05) is 40.5 Å². The lowest BCUT2D eigenvalue weighted by Crippen LogP contribution is -2.43. The molecule has 1 aromatic carbocycles. The van der Waals surface area contributed by atoms with E-state index < -0.39 is 0 Å². The molecule has 1 fully saturated rings. The first-order valence-corrected chi connectivity index (χ1v) is 8.69. The summed E-state index contributed by atoms with van der Waals surface area (Å²) in [5, 5.41) is 3.12. The van der Waals surface area contributed by atoms with Gasteiger partial charge in [-0.05, 0) is 50.9 Å². The average molecular weight is 353 g/mol. The number of nitrogens with one attached hydrogen (secondary N) is 1. The number of benzene rings is 1. The topological polar surface area (TPSA) is 32.3 Å². The maximum Gasteiger partial charge on any atom is 0.220 e. The summed E-state index contributed by atoms with van der Waals surface area (Å²) < 4.78 is 1.08. The Hall–Kier alpha value is -0.870. The van der Waals surface area contributed by atoms with Gasteiger partial charge in [0.05, 0.1) is 0 Å². The third-order valence-corrected chi connectivity index (χ3v) is 4.74. The van der Waals surface area contributed by atoms with Crippen LogP contribution in [0.1, 0.15) is 38.2 Å². The molecule has 3 nitrogen and oxygen atoms in total. The highest BCUT2D eigenvalue weighted by molar-refractivity contribution is 9.10. The molecular weight excluding hydrogens is 328 g/mol. The monoisotopic (exact) mass is 352 g/mol. The smallest absolute Gasteiger partial charge is 0.220 e. The molecule has 2 rings (SSSR count). The number of carbonyl (C=O) groups is 1. The predicted molar refractivity (Wildman–Crippen MR) is 90.4 cm³/mol. The molecule has 1 aromatic rings. The highest BCUT2D eigenvalue weighted by atomic mass is 79.9. The number of halogens is 1. The van der Waals surface area contributed by atoms with Gasteiger partial charge in [0.25, 0.3) is 0 Å². The molecule has 1 aliphatic rings. The Morgan fingerprint density at radius 2 is 2.00 bits per heavy atom. The van der Waals surface area contributed by atoms with Crippen molar-refractivity contribution in [2.45, 2.75) is 45.1 Å². The highest BCUT2D eigenvalue weighted by Crippen LogP contribution is 2.17. The minimum absolute atomic E-state index is 0.148. The zero-order valence-corrected chi connectivity index (χ0v) is 14.4. The van der Waals surface area contributed by atoms with Gasteiger partial charge in [0, 0.05) is 23.5 Å². The van der Waals surface area contributed by atoms with Crippen LogP contribution in [-0.2, 0) is 11.2 Å². The molecule has 116 valence electrons. The number of likely N-dealkylation sites (tertiary alicyclic amines) is 1. The summed E-state index contributed by atoms with van der Waals surface area (Å²) in [7, 11) is 0. The first-order chi connectivity index (χ1) is 10.1. The fraction of sp³-hybridized carbons (Fsp3) is 0.588. The van der Waals surface area contributed by atoms with Crippen LogP contribution in [0.4, 0.5) is 0 Å². The van der Waals surface area contributed by atoms with Crippen molar-refractivity contribution in [1.29, 1.82) is 0 Å². The van der Waals surface area contributed by atoms with Crippen LogP contribution in [0.3, 0.4) is 0 Å². The quantitative estimate of drug-likeness (QED) is 0.851. The second-order valence-electron chi connectivity index (χ2n) is 5.92. The van der Waals surface area contributed by atoms with E-state index in [0.29, 0.717) is 6.42 Å². The zero-order valence-electron chi connectivity index (χ0n) is 12.8. The van der Waals surface area contributed by atoms with Crippen molar-refractivity contribution in [3.05, 3.63) is 34.3 Å². The van der Waals surface area contributed by atoms with E-state index in [4.69, 9.17) is 0 Å². The first kappa shape index (κ1) is 16.5. The maximum absolute atomic E-state index is 12.0. The molecule has 1 heterocycles. The number of piperidine rings is 1. The molecule has 21 heavy (non-hydrogen) atoms. The van der Waals surface area contributed by atoms with Crippen LogP contribution in [0.5, 0.6) is 0 Å². The van der Waals surface area contributed by atoms with Crippen LogP contribution in [0, 0.1) is 0 Å². The molecule has 1 atom stereocenters. The second kappa shape index (κ2) is 8.54. The van der Waals surface area contributed by atoms with Gasteiger partial charge in [-0.25, -0.2) is 0 Å². The number of hydrogen-bond acceptors (Lipinski definition) is 2. The average Bonchev–Trinajstić information content (AvgIpc) is 2.47. The lowest BCUT2D eigenvalue weighted by atomic mass is 10.1. The molecule has 1 unspecified atom stereocenters. The third kappa shape index (κ3) is 5.79. The van der Waals surface area contributed by atoms with E-state index in [-0.39, 0.29) is 11.9 Å². The van der Waals surface area contributed by atoms with Crippen LogP contribution in [0.15, 0.2) is 28.7 Å². The van der Waals surface area contributed by atoms with Crippen LogP contribution in [0.25, 0.3) is 0 Å². The SMILES string of the molecule is CC(CN1CCCCC1)NC(=O)CCc1ccccc1Br. The maximum atomic E-state index is 12.0. The third-order valence-electron chi connectivity index (χ3n) is 3.97. The van der Waals surface area contributed by atoms with E-state index in [1.807, 2.05) is 18.2 Å². The van der Waals surface area contributed by atoms with Gasteiger partial charge in [-0.2, -0.15) is 0 Å². The van der Waals surface area contributed by atoms with Crippen molar-refractivity contribution in [1.82, 2.24) is 10.2 Å². The van der Waals surface area contributed by atoms with Gasteiger partial charge in [0.15, 0.2) is 0 Å². The predicted octanol–water partition coefficient (Wildman–Crippen LogP) is 3.37. The van der Waals surface area contributed by atoms with Crippen LogP contribution in [0.2, 0.25) is 0 Å². The Balaban J connectivity index is 1.70. The summed E-state index contributed by atoms with van der Waals surface area (Å²) in [5.41, 5.74) is 1.19. The lowest BCUT2D eigenvalue weighted by Gasteiger charge is -2.29. The number of hydrogen-bond donors (Lipinski definition) is 1. The molecule has 0 aromatic heterocycles. The number of carbonyl (C=O) groups excluding carboxylic acids is 1. The van der Waals surface area contributed by atoms with Gasteiger partial charge in [0.2, 0.25) is 5.91 Å². The summed E-state index contributed by atoms with van der Waals surface area (Å²) in [5.74, 6) is 0.148. The molecule has 0 saturated carbocycles. The summed E-state index contributed by atoms with van der Waals surface area (Å²) >= 11 is 3.52. The lowest BCUT2D eigenvalue weighted by molar-refractivity contribution is -0.121. The fourth-order valence-corrected chi connectivity index (χ4v) is 3.35. The molecule has 1 N–H and O–H groups in total. The molecule has 1 saturated heterocycles. The van der Waals surface area contributed by atoms with E-state index in [0.717, 1.165) is 17.4 Å². The minimum atomic E-state index is 0.148. The Labute approximate surface area is 136 Å². The number of aryl methyl sites for hydroxylation is 1. The van der Waals surface area contributed by atoms with Crippen molar-refractivity contribution in [3.8, 4) is 0 Å². The van der Waals surface area contributed by atoms with Crippen molar-refractivity contribution in [3.63, 3.8) is 0 Å². The Kier molecular flexibility index (Phi) is 6.71. The van der Waals surface area contributed by atoms with Crippen molar-refractivity contribution in [2.24, 2.45) is 0 Å². The number of rotatable bonds is 6. The van der Waals surface area contributed by atoms with Gasteiger partial charge >= 0.3 is 0 Å². The van der Waals surface area contributed by atoms with Crippen LogP contribution in [-0.4, -0.2) is 36.5 Å². The number of nitrogens with zero attached hydrogens (tertiary/aromatic N) is 1. The van der Waals surface area contributed by atoms with E-state index in [9.17, 15) is 4.79 Å². The summed E-state index contributed by atoms with van der Waals surface area (Å²) in [6.07, 6.45) is 5.27. The molecule has 1 aliphatic heterocycles. The largest absolute Gasteiger partial charge is 0.352 e. The highest BCUT2D eigenvalue weighted by Gasteiger charge is 2.15. The van der Waals surface area contributed by atoms with Crippen molar-refractivity contribution in [2.75, 3.05) is 19.6 Å². The Morgan fingerprint density at radius 3 is 2.71 bits per heavy atom. The van der Waals surface area contributed by atoms with Crippen LogP contribution >= 0.6 is 15.9 Å². The van der Waals surface area contributed by atoms with Crippen LogP contribution < -0.4 is 5.32 Å². The zero-order chi connectivity index (χ0) is 15.1. The standard InChI is InChI=1S/C17H25BrN2O/c1-14(13-20-11-5-2-6-12-20)19-17(21)10-9-15-7-3-4-8-16(15)18/h3-4,7-8,14H,2,5-6,9-13H2,1H3,(H,19,21). The van der Waals surface area contributed by atoms with Gasteiger partial charge in [-0.3, -0.25) is 4.79 Å². The van der Waals surface area contributed by atoms with Gasteiger partial charge in [-0.15, -0.1) is 0 Å². The van der Waals surface area contributed by atoms with Gasteiger partial charge < -0.3 is 10.2 Å². The van der Waals surface area contributed by atoms with E-state index in [2.05, 4.69) is 39.1 Å². The molecular formula is C17H25BrN2O. The minimum Gasteiger partial charge on any atom is -0.352 e. The van der Waals surface area contributed by atoms with E-state index in [1.165, 1.54) is 37.9 Å². The summed E-state index contributed by atoms with van der Waals surface area (Å²) in [6, 6.07) is 8.32. The molecule has 4 heteroatoms. The molecule has 0 radical (unpaired) electrons. The van der Waals surface area contributed by atoms with E-state index >= 15 is 0 Å². The van der Waals surface area contributed by atoms with Crippen molar-refractivity contribution >= 4 is 21.8 Å². The summed E-state index contributed by atoms with van der Waals surface area (Å²) in [6.45, 7) is 5.43. The number of amides is 1. The molecule has 0 spiro atoms. The Bertz CT molecular complexity index is 458. The van der Waals surface area contributed by atoms with Crippen molar-refractivity contribution < 1.29 is 4.79 Å².